The Morgan fingerprint density at radius 3 is 2.47 bits per heavy atom. The van der Waals surface area contributed by atoms with E-state index in [2.05, 4.69) is 5.32 Å². The quantitative estimate of drug-likeness (QED) is 0.871. The van der Waals surface area contributed by atoms with Crippen molar-refractivity contribution in [1.82, 2.24) is 9.88 Å². The second kappa shape index (κ2) is 6.86. The number of nitrogens with one attached hydrogen (secondary N) is 1. The van der Waals surface area contributed by atoms with E-state index < -0.39 is 24.9 Å². The SMILES string of the molecule is CCn1c(C)cc(C(=O)NCC(F)(F)CN)c1C.Cl. The summed E-state index contributed by atoms with van der Waals surface area (Å²) in [5, 5.41) is 2.21. The molecule has 0 aromatic carbocycles. The molecule has 0 aliphatic rings. The van der Waals surface area contributed by atoms with E-state index in [1.54, 1.807) is 13.0 Å². The molecular weight excluding hydrogens is 276 g/mol. The highest BCUT2D eigenvalue weighted by atomic mass is 35.5. The fourth-order valence-electron chi connectivity index (χ4n) is 1.89. The first kappa shape index (κ1) is 17.9. The molecule has 4 nitrogen and oxygen atoms in total. The van der Waals surface area contributed by atoms with Gasteiger partial charge in [-0.15, -0.1) is 12.4 Å². The van der Waals surface area contributed by atoms with Crippen molar-refractivity contribution in [1.29, 1.82) is 0 Å². The number of carbonyl (C=O) groups excluding carboxylic acids is 1. The van der Waals surface area contributed by atoms with Crippen LogP contribution in [0.4, 0.5) is 8.78 Å². The number of aryl methyl sites for hydroxylation is 1. The normalized spacial score (nSPS) is 11.1. The number of alkyl halides is 2. The van der Waals surface area contributed by atoms with Gasteiger partial charge in [0.2, 0.25) is 0 Å². The van der Waals surface area contributed by atoms with Crippen molar-refractivity contribution in [3.8, 4) is 0 Å². The van der Waals surface area contributed by atoms with Crippen molar-refractivity contribution in [2.24, 2.45) is 5.73 Å². The standard InChI is InChI=1S/C12H19F2N3O.ClH/c1-4-17-8(2)5-10(9(17)3)11(18)16-7-12(13,14)6-15;/h5H,4,6-7,15H2,1-3H3,(H,16,18);1H. The van der Waals surface area contributed by atoms with Gasteiger partial charge < -0.3 is 15.6 Å². The number of nitrogens with zero attached hydrogens (tertiary/aromatic N) is 1. The number of hydrogen-bond donors (Lipinski definition) is 2. The highest BCUT2D eigenvalue weighted by Crippen LogP contribution is 2.15. The number of nitrogens with two attached hydrogens (primary N) is 1. The van der Waals surface area contributed by atoms with Gasteiger partial charge in [0.1, 0.15) is 0 Å². The lowest BCUT2D eigenvalue weighted by atomic mass is 10.2. The molecule has 0 aliphatic heterocycles. The lowest BCUT2D eigenvalue weighted by Gasteiger charge is -2.14. The van der Waals surface area contributed by atoms with Crippen LogP contribution in [-0.4, -0.2) is 29.5 Å². The number of rotatable bonds is 5. The van der Waals surface area contributed by atoms with Gasteiger partial charge in [0.25, 0.3) is 11.8 Å². The summed E-state index contributed by atoms with van der Waals surface area (Å²) in [6.07, 6.45) is 0. The number of halogens is 3. The van der Waals surface area contributed by atoms with Crippen LogP contribution in [0.2, 0.25) is 0 Å². The van der Waals surface area contributed by atoms with Crippen molar-refractivity contribution >= 4 is 18.3 Å². The number of amides is 1. The molecular formula is C12H20ClF2N3O. The van der Waals surface area contributed by atoms with Crippen LogP contribution in [0.5, 0.6) is 0 Å². The van der Waals surface area contributed by atoms with Crippen LogP contribution in [0.1, 0.15) is 28.7 Å². The van der Waals surface area contributed by atoms with Crippen LogP contribution in [0.3, 0.4) is 0 Å². The Balaban J connectivity index is 0.00000324. The number of hydrogen-bond acceptors (Lipinski definition) is 2. The fraction of sp³-hybridized carbons (Fsp3) is 0.583. The smallest absolute Gasteiger partial charge is 0.277 e. The Morgan fingerprint density at radius 2 is 2.05 bits per heavy atom. The molecule has 0 unspecified atom stereocenters. The van der Waals surface area contributed by atoms with Crippen LogP contribution in [-0.2, 0) is 6.54 Å². The van der Waals surface area contributed by atoms with Gasteiger partial charge in [-0.1, -0.05) is 0 Å². The predicted octanol–water partition coefficient (Wildman–Crippen LogP) is 1.87. The second-order valence-electron chi connectivity index (χ2n) is 4.27. The molecule has 1 aromatic rings. The van der Waals surface area contributed by atoms with Gasteiger partial charge in [-0.3, -0.25) is 4.79 Å². The van der Waals surface area contributed by atoms with Gasteiger partial charge in [0, 0.05) is 17.9 Å². The molecule has 0 saturated heterocycles. The summed E-state index contributed by atoms with van der Waals surface area (Å²) in [4.78, 5) is 11.8. The van der Waals surface area contributed by atoms with Crippen molar-refractivity contribution in [3.05, 3.63) is 23.0 Å². The molecule has 1 aromatic heterocycles. The van der Waals surface area contributed by atoms with Crippen molar-refractivity contribution in [2.75, 3.05) is 13.1 Å². The summed E-state index contributed by atoms with van der Waals surface area (Å²) < 4.78 is 27.8. The van der Waals surface area contributed by atoms with E-state index in [0.29, 0.717) is 5.56 Å². The Hall–Kier alpha value is -1.14. The average molecular weight is 296 g/mol. The van der Waals surface area contributed by atoms with Crippen LogP contribution in [0.15, 0.2) is 6.07 Å². The molecule has 0 bridgehead atoms. The topological polar surface area (TPSA) is 60.0 Å². The van der Waals surface area contributed by atoms with Crippen LogP contribution < -0.4 is 11.1 Å². The molecule has 1 rings (SSSR count). The first-order valence-corrected chi connectivity index (χ1v) is 5.85. The van der Waals surface area contributed by atoms with Gasteiger partial charge in [-0.2, -0.15) is 0 Å². The third kappa shape index (κ3) is 4.18. The van der Waals surface area contributed by atoms with Gasteiger partial charge >= 0.3 is 0 Å². The van der Waals surface area contributed by atoms with Crippen molar-refractivity contribution in [2.45, 2.75) is 33.2 Å². The van der Waals surface area contributed by atoms with E-state index in [4.69, 9.17) is 5.73 Å². The van der Waals surface area contributed by atoms with Crippen LogP contribution in [0.25, 0.3) is 0 Å². The maximum Gasteiger partial charge on any atom is 0.277 e. The molecule has 0 spiro atoms. The van der Waals surface area contributed by atoms with Gasteiger partial charge in [-0.25, -0.2) is 8.78 Å². The largest absolute Gasteiger partial charge is 0.349 e. The van der Waals surface area contributed by atoms with E-state index in [-0.39, 0.29) is 12.4 Å². The van der Waals surface area contributed by atoms with Gasteiger partial charge in [-0.05, 0) is 26.8 Å². The molecule has 7 heteroatoms. The fourth-order valence-corrected chi connectivity index (χ4v) is 1.89. The van der Waals surface area contributed by atoms with E-state index in [0.717, 1.165) is 17.9 Å². The zero-order valence-electron chi connectivity index (χ0n) is 11.3. The highest BCUT2D eigenvalue weighted by Gasteiger charge is 2.28. The Bertz CT molecular complexity index is 446. The Labute approximate surface area is 117 Å². The summed E-state index contributed by atoms with van der Waals surface area (Å²) in [5.74, 6) is -3.55. The first-order chi connectivity index (χ1) is 8.32. The third-order valence-electron chi connectivity index (χ3n) is 2.94. The molecule has 0 atom stereocenters. The second-order valence-corrected chi connectivity index (χ2v) is 4.27. The monoisotopic (exact) mass is 295 g/mol. The number of carbonyl (C=O) groups is 1. The summed E-state index contributed by atoms with van der Waals surface area (Å²) in [5.41, 5.74) is 7.05. The zero-order valence-corrected chi connectivity index (χ0v) is 12.1. The molecule has 110 valence electrons. The summed E-state index contributed by atoms with van der Waals surface area (Å²) >= 11 is 0. The summed E-state index contributed by atoms with van der Waals surface area (Å²) in [6, 6.07) is 1.70. The minimum atomic E-state index is -3.06. The van der Waals surface area contributed by atoms with Gasteiger partial charge in [0.05, 0.1) is 18.7 Å². The van der Waals surface area contributed by atoms with Crippen LogP contribution in [0, 0.1) is 13.8 Å². The van der Waals surface area contributed by atoms with E-state index >= 15 is 0 Å². The molecule has 1 amide bonds. The minimum Gasteiger partial charge on any atom is -0.349 e. The maximum absolute atomic E-state index is 12.9. The average Bonchev–Trinajstić information content (AvgIpc) is 2.61. The van der Waals surface area contributed by atoms with Gasteiger partial charge in [0.15, 0.2) is 0 Å². The van der Waals surface area contributed by atoms with Crippen molar-refractivity contribution in [3.63, 3.8) is 0 Å². The van der Waals surface area contributed by atoms with Crippen molar-refractivity contribution < 1.29 is 13.6 Å². The predicted molar refractivity (Wildman–Crippen MR) is 73.2 cm³/mol. The molecule has 19 heavy (non-hydrogen) atoms. The molecule has 0 radical (unpaired) electrons. The molecule has 0 fully saturated rings. The third-order valence-corrected chi connectivity index (χ3v) is 2.94. The van der Waals surface area contributed by atoms with E-state index in [1.807, 2.05) is 18.4 Å². The maximum atomic E-state index is 12.9. The summed E-state index contributed by atoms with van der Waals surface area (Å²) in [7, 11) is 0. The van der Waals surface area contributed by atoms with E-state index in [1.165, 1.54) is 0 Å². The Morgan fingerprint density at radius 1 is 1.47 bits per heavy atom. The highest BCUT2D eigenvalue weighted by molar-refractivity contribution is 5.95. The molecule has 3 N–H and O–H groups in total. The first-order valence-electron chi connectivity index (χ1n) is 5.85. The molecule has 1 heterocycles. The minimum absolute atomic E-state index is 0. The molecule has 0 saturated carbocycles. The number of aromatic nitrogens is 1. The zero-order chi connectivity index (χ0) is 13.9. The summed E-state index contributed by atoms with van der Waals surface area (Å²) in [6.45, 7) is 4.86. The Kier molecular flexibility index (Phi) is 6.45. The lowest BCUT2D eigenvalue weighted by Crippen LogP contribution is -2.41. The molecule has 0 aliphatic carbocycles. The van der Waals surface area contributed by atoms with Crippen LogP contribution >= 0.6 is 12.4 Å². The van der Waals surface area contributed by atoms with E-state index in [9.17, 15) is 13.6 Å². The lowest BCUT2D eigenvalue weighted by molar-refractivity contribution is 0.0118.